The molecule has 1 atom stereocenters. The fraction of sp³-hybridized carbons (Fsp3) is 0.250. The molecule has 4 aromatic heterocycles. The van der Waals surface area contributed by atoms with Crippen molar-refractivity contribution >= 4 is 11.6 Å². The SMILES string of the molecule is Cc1nncn1-c1cnn([C@@H](CCOC(F)F)c2ccc(-c3c(-[n+]4cc(C(F)F)n[nH]4)ccc(Cl)c3F)c[n+]2[O-])c1. The molecule has 0 amide bonds. The Bertz CT molecular complexity index is 1670. The Morgan fingerprint density at radius 2 is 1.95 bits per heavy atom. The molecular formula is C24H20ClF5N9O2+. The van der Waals surface area contributed by atoms with Gasteiger partial charge in [-0.05, 0) is 25.1 Å². The molecule has 0 unspecified atom stereocenters. The van der Waals surface area contributed by atoms with Gasteiger partial charge in [-0.2, -0.15) is 18.6 Å². The summed E-state index contributed by atoms with van der Waals surface area (Å²) in [5.41, 5.74) is 0.0247. The van der Waals surface area contributed by atoms with Gasteiger partial charge in [-0.25, -0.2) is 13.2 Å². The number of ether oxygens (including phenoxy) is 1. The molecule has 41 heavy (non-hydrogen) atoms. The predicted octanol–water partition coefficient (Wildman–Crippen LogP) is 4.02. The third-order valence-corrected chi connectivity index (χ3v) is 6.51. The highest BCUT2D eigenvalue weighted by Gasteiger charge is 2.28. The number of H-pyrrole nitrogens is 1. The average Bonchev–Trinajstić information content (AvgIpc) is 3.69. The second-order valence-corrected chi connectivity index (χ2v) is 9.13. The highest BCUT2D eigenvalue weighted by molar-refractivity contribution is 6.31. The second-order valence-electron chi connectivity index (χ2n) is 8.72. The lowest BCUT2D eigenvalue weighted by molar-refractivity contribution is -0.659. The van der Waals surface area contributed by atoms with Gasteiger partial charge in [0.1, 0.15) is 18.2 Å². The van der Waals surface area contributed by atoms with E-state index in [2.05, 4.69) is 30.3 Å². The number of pyridine rings is 1. The van der Waals surface area contributed by atoms with Crippen LogP contribution in [0.4, 0.5) is 22.0 Å². The van der Waals surface area contributed by atoms with E-state index in [0.717, 1.165) is 17.1 Å². The van der Waals surface area contributed by atoms with Crippen LogP contribution in [0, 0.1) is 17.9 Å². The molecule has 5 aromatic rings. The molecule has 214 valence electrons. The van der Waals surface area contributed by atoms with E-state index in [1.54, 1.807) is 17.7 Å². The molecule has 0 spiro atoms. The van der Waals surface area contributed by atoms with Gasteiger partial charge in [0.05, 0.1) is 40.8 Å². The van der Waals surface area contributed by atoms with Crippen LogP contribution >= 0.6 is 11.6 Å². The van der Waals surface area contributed by atoms with Crippen molar-refractivity contribution in [2.24, 2.45) is 0 Å². The Balaban J connectivity index is 1.55. The number of halogens is 6. The first-order valence-corrected chi connectivity index (χ1v) is 12.3. The van der Waals surface area contributed by atoms with Crippen molar-refractivity contribution in [2.45, 2.75) is 32.4 Å². The molecule has 0 radical (unpaired) electrons. The lowest BCUT2D eigenvalue weighted by atomic mass is 10.0. The maximum Gasteiger partial charge on any atom is 0.345 e. The number of rotatable bonds is 10. The van der Waals surface area contributed by atoms with E-state index in [1.165, 1.54) is 41.5 Å². The van der Waals surface area contributed by atoms with E-state index in [4.69, 9.17) is 11.6 Å². The maximum absolute atomic E-state index is 15.3. The number of nitrogens with one attached hydrogen (secondary N) is 1. The summed E-state index contributed by atoms with van der Waals surface area (Å²) in [6, 6.07) is 4.54. The van der Waals surface area contributed by atoms with Gasteiger partial charge in [0.15, 0.2) is 23.9 Å². The largest absolute Gasteiger partial charge is 0.618 e. The van der Waals surface area contributed by atoms with Crippen molar-refractivity contribution in [2.75, 3.05) is 6.61 Å². The van der Waals surface area contributed by atoms with Crippen LogP contribution in [0.15, 0.2) is 55.4 Å². The summed E-state index contributed by atoms with van der Waals surface area (Å²) in [5.74, 6) is -0.332. The minimum atomic E-state index is -3.01. The minimum Gasteiger partial charge on any atom is -0.618 e. The van der Waals surface area contributed by atoms with Crippen molar-refractivity contribution in [3.05, 3.63) is 88.6 Å². The van der Waals surface area contributed by atoms with Crippen molar-refractivity contribution < 1.29 is 36.1 Å². The number of aryl methyl sites for hydroxylation is 1. The van der Waals surface area contributed by atoms with Crippen molar-refractivity contribution in [1.29, 1.82) is 0 Å². The number of nitrogens with zero attached hydrogens (tertiary/aromatic N) is 8. The fourth-order valence-electron chi connectivity index (χ4n) is 4.30. The monoisotopic (exact) mass is 596 g/mol. The van der Waals surface area contributed by atoms with Crippen LogP contribution in [0.5, 0.6) is 0 Å². The standard InChI is InChI=1S/C24H19ClF5N9O2/c1-13-33-31-12-36(13)15-8-32-37(10-15)18(6-7-41-24(29)30)19-4-2-14(9-39(19)40)21-20(5-3-16(25)22(21)26)38-11-17(23(27)28)34-35-38/h2-5,8-12,18,23-24H,6-7H2,1H3/p+1/t18-/m0/s1. The lowest BCUT2D eigenvalue weighted by Crippen LogP contribution is -2.36. The maximum atomic E-state index is 15.3. The Kier molecular flexibility index (Phi) is 7.94. The molecule has 11 nitrogen and oxygen atoms in total. The smallest absolute Gasteiger partial charge is 0.345 e. The third kappa shape index (κ3) is 5.74. The van der Waals surface area contributed by atoms with Gasteiger partial charge in [0.2, 0.25) is 5.69 Å². The summed E-state index contributed by atoms with van der Waals surface area (Å²) in [5, 5.41) is 31.0. The van der Waals surface area contributed by atoms with Crippen LogP contribution in [-0.2, 0) is 4.74 Å². The molecule has 4 heterocycles. The zero-order valence-corrected chi connectivity index (χ0v) is 21.8. The molecule has 0 aliphatic carbocycles. The normalized spacial score (nSPS) is 12.5. The number of hydrogen-bond acceptors (Lipinski definition) is 6. The summed E-state index contributed by atoms with van der Waals surface area (Å²) in [6.45, 7) is -1.69. The van der Waals surface area contributed by atoms with E-state index in [-0.39, 0.29) is 34.0 Å². The first kappa shape index (κ1) is 28.1. The van der Waals surface area contributed by atoms with E-state index in [0.29, 0.717) is 16.2 Å². The van der Waals surface area contributed by atoms with Crippen LogP contribution in [-0.4, -0.2) is 48.1 Å². The topological polar surface area (TPSA) is 117 Å². The number of benzene rings is 1. The molecule has 0 saturated heterocycles. The molecule has 5 rings (SSSR count). The number of aromatic nitrogens is 9. The van der Waals surface area contributed by atoms with Gasteiger partial charge in [0, 0.05) is 17.6 Å². The van der Waals surface area contributed by atoms with Crippen LogP contribution in [0.25, 0.3) is 22.5 Å². The summed E-state index contributed by atoms with van der Waals surface area (Å²) < 4.78 is 75.9. The van der Waals surface area contributed by atoms with Gasteiger partial charge >= 0.3 is 13.0 Å². The van der Waals surface area contributed by atoms with Crippen LogP contribution < -0.4 is 9.41 Å². The van der Waals surface area contributed by atoms with E-state index >= 15 is 4.39 Å². The summed E-state index contributed by atoms with van der Waals surface area (Å²) in [4.78, 5) is 0. The van der Waals surface area contributed by atoms with Crippen LogP contribution in [0.3, 0.4) is 0 Å². The van der Waals surface area contributed by atoms with E-state index in [9.17, 15) is 22.8 Å². The predicted molar refractivity (Wildman–Crippen MR) is 131 cm³/mol. The lowest BCUT2D eigenvalue weighted by Gasteiger charge is -2.18. The molecule has 0 aliphatic heterocycles. The first-order chi connectivity index (χ1) is 19.6. The van der Waals surface area contributed by atoms with E-state index < -0.39 is 37.2 Å². The van der Waals surface area contributed by atoms with Gasteiger partial charge in [-0.1, -0.05) is 16.8 Å². The molecule has 1 aromatic carbocycles. The summed E-state index contributed by atoms with van der Waals surface area (Å²) in [7, 11) is 0. The highest BCUT2D eigenvalue weighted by Crippen LogP contribution is 2.32. The fourth-order valence-corrected chi connectivity index (χ4v) is 4.46. The first-order valence-electron chi connectivity index (χ1n) is 11.9. The molecular weight excluding hydrogens is 577 g/mol. The molecule has 17 heteroatoms. The zero-order valence-electron chi connectivity index (χ0n) is 21.0. The van der Waals surface area contributed by atoms with Gasteiger partial charge < -0.3 is 9.94 Å². The molecule has 0 bridgehead atoms. The van der Waals surface area contributed by atoms with Gasteiger partial charge in [0.25, 0.3) is 5.69 Å². The van der Waals surface area contributed by atoms with Crippen molar-refractivity contribution in [3.8, 4) is 22.5 Å². The number of hydrogen-bond donors (Lipinski definition) is 1. The number of alkyl halides is 4. The van der Waals surface area contributed by atoms with Crippen molar-refractivity contribution in [1.82, 2.24) is 34.9 Å². The van der Waals surface area contributed by atoms with Crippen LogP contribution in [0.1, 0.15) is 36.1 Å². The van der Waals surface area contributed by atoms with Gasteiger partial charge in [-0.3, -0.25) is 9.25 Å². The van der Waals surface area contributed by atoms with Crippen LogP contribution in [0.2, 0.25) is 5.02 Å². The molecule has 1 N–H and O–H groups in total. The summed E-state index contributed by atoms with van der Waals surface area (Å²) in [6.07, 6.45) is 3.65. The van der Waals surface area contributed by atoms with Crippen molar-refractivity contribution in [3.63, 3.8) is 0 Å². The zero-order chi connectivity index (χ0) is 29.3. The second kappa shape index (κ2) is 11.6. The average molecular weight is 597 g/mol. The quantitative estimate of drug-likeness (QED) is 0.148. The Hall–Kier alpha value is -4.44. The Morgan fingerprint density at radius 3 is 2.61 bits per heavy atom. The highest BCUT2D eigenvalue weighted by atomic mass is 35.5. The molecule has 0 saturated carbocycles. The summed E-state index contributed by atoms with van der Waals surface area (Å²) >= 11 is 6.01. The van der Waals surface area contributed by atoms with E-state index in [1.807, 2.05) is 0 Å². The Labute approximate surface area is 233 Å². The number of aromatic amines is 1. The third-order valence-electron chi connectivity index (χ3n) is 6.22. The molecule has 0 fully saturated rings. The Morgan fingerprint density at radius 1 is 1.15 bits per heavy atom. The minimum absolute atomic E-state index is 0.0574. The van der Waals surface area contributed by atoms with Gasteiger partial charge in [-0.15, -0.1) is 14.9 Å². The molecule has 0 aliphatic rings.